The molecule has 0 bridgehead atoms. The molecule has 0 rings (SSSR count). The Bertz CT molecular complexity index is 222. The van der Waals surface area contributed by atoms with Crippen molar-refractivity contribution in [1.29, 1.82) is 0 Å². The number of esters is 1. The fraction of sp³-hybridized carbons (Fsp3) is 0.167. The Morgan fingerprint density at radius 2 is 2.25 bits per heavy atom. The average molecular weight is 190 g/mol. The van der Waals surface area contributed by atoms with E-state index in [-0.39, 0.29) is 0 Å². The normalized spacial score (nSPS) is 13.9. The van der Waals surface area contributed by atoms with Crippen molar-refractivity contribution in [2.75, 3.05) is 0 Å². The van der Waals surface area contributed by atoms with Crippen LogP contribution in [0.15, 0.2) is 24.2 Å². The summed E-state index contributed by atoms with van der Waals surface area (Å²) in [6, 6.07) is 0. The van der Waals surface area contributed by atoms with Crippen molar-refractivity contribution in [1.82, 2.24) is 0 Å². The summed E-state index contributed by atoms with van der Waals surface area (Å²) in [6.45, 7) is 3.08. The highest BCUT2D eigenvalue weighted by molar-refractivity contribution is 7.28. The summed E-state index contributed by atoms with van der Waals surface area (Å²) in [4.78, 5) is 10.4. The summed E-state index contributed by atoms with van der Waals surface area (Å²) in [7, 11) is -0.656. The van der Waals surface area contributed by atoms with Crippen LogP contribution in [-0.4, -0.2) is 22.5 Å². The zero-order chi connectivity index (χ0) is 9.56. The Hall–Kier alpha value is -1.19. The second kappa shape index (κ2) is 5.46. The first-order valence-corrected chi connectivity index (χ1v) is 3.66. The Morgan fingerprint density at radius 1 is 1.67 bits per heavy atom. The Kier molecular flexibility index (Phi) is 4.92. The minimum absolute atomic E-state index is 0.612. The molecule has 12 heavy (non-hydrogen) atoms. The Labute approximate surface area is 70.2 Å². The molecule has 0 aromatic heterocycles. The lowest BCUT2D eigenvalue weighted by atomic mass is 10.6. The molecule has 0 aromatic rings. The molecule has 0 radical (unpaired) electrons. The average Bonchev–Trinajstić information content (AvgIpc) is 2.03. The van der Waals surface area contributed by atoms with E-state index in [1.165, 1.54) is 0 Å². The van der Waals surface area contributed by atoms with Crippen LogP contribution in [0.3, 0.4) is 0 Å². The second-order valence-corrected chi connectivity index (χ2v) is 2.29. The van der Waals surface area contributed by atoms with Crippen molar-refractivity contribution in [3.8, 4) is 0 Å². The number of hydrogen-bond donors (Lipinski definition) is 2. The molecule has 1 atom stereocenters. The number of hydrogen-bond acceptors (Lipinski definition) is 5. The zero-order valence-electron chi connectivity index (χ0n) is 6.01. The zero-order valence-corrected chi connectivity index (χ0v) is 6.90. The fourth-order valence-electron chi connectivity index (χ4n) is 0.359. The molecule has 0 aliphatic rings. The molecule has 0 fully saturated rings. The first-order chi connectivity index (χ1) is 5.60. The van der Waals surface area contributed by atoms with Gasteiger partial charge in [-0.05, 0) is 0 Å². The summed E-state index contributed by atoms with van der Waals surface area (Å²) in [6.07, 6.45) is -0.0455. The van der Waals surface area contributed by atoms with E-state index in [0.29, 0.717) is 0 Å². The quantitative estimate of drug-likeness (QED) is 0.224. The highest BCUT2D eigenvalue weighted by Gasteiger charge is 2.05. The summed E-state index contributed by atoms with van der Waals surface area (Å²) in [5.74, 6) is -0.839. The molecular formula is C6H7O5P. The number of carbonyl (C=O) groups is 1. The van der Waals surface area contributed by atoms with Crippen LogP contribution in [0, 0.1) is 0 Å². The van der Waals surface area contributed by atoms with E-state index in [9.17, 15) is 9.36 Å². The summed E-state index contributed by atoms with van der Waals surface area (Å²) >= 11 is 0. The van der Waals surface area contributed by atoms with Gasteiger partial charge >= 0.3 is 5.97 Å². The SMILES string of the molecule is C=CC(=O)OC(O)C=C(O)P=O. The molecule has 0 amide bonds. The molecular weight excluding hydrogens is 183 g/mol. The van der Waals surface area contributed by atoms with Gasteiger partial charge in [-0.1, -0.05) is 6.58 Å². The number of ether oxygens (including phenoxy) is 1. The van der Waals surface area contributed by atoms with Crippen LogP contribution in [0.2, 0.25) is 0 Å². The van der Waals surface area contributed by atoms with E-state index in [1.54, 1.807) is 0 Å². The van der Waals surface area contributed by atoms with Gasteiger partial charge in [0.25, 0.3) is 0 Å². The van der Waals surface area contributed by atoms with Crippen molar-refractivity contribution >= 4 is 14.4 Å². The van der Waals surface area contributed by atoms with Crippen molar-refractivity contribution in [2.45, 2.75) is 6.29 Å². The highest BCUT2D eigenvalue weighted by Crippen LogP contribution is 2.07. The van der Waals surface area contributed by atoms with Gasteiger partial charge in [-0.3, -0.25) is 4.57 Å². The molecule has 66 valence electrons. The molecule has 0 spiro atoms. The van der Waals surface area contributed by atoms with Gasteiger partial charge in [-0.15, -0.1) is 0 Å². The molecule has 0 saturated heterocycles. The van der Waals surface area contributed by atoms with Gasteiger partial charge < -0.3 is 14.9 Å². The number of carbonyl (C=O) groups excluding carboxylic acids is 1. The van der Waals surface area contributed by atoms with E-state index >= 15 is 0 Å². The monoisotopic (exact) mass is 190 g/mol. The van der Waals surface area contributed by atoms with Gasteiger partial charge in [0.1, 0.15) is 0 Å². The van der Waals surface area contributed by atoms with Crippen LogP contribution in [0.4, 0.5) is 0 Å². The summed E-state index contributed by atoms with van der Waals surface area (Å²) in [5.41, 5.74) is -0.612. The first kappa shape index (κ1) is 10.8. The molecule has 0 aromatic carbocycles. The van der Waals surface area contributed by atoms with Crippen molar-refractivity contribution < 1.29 is 24.3 Å². The van der Waals surface area contributed by atoms with Gasteiger partial charge in [0.05, 0.1) is 0 Å². The predicted octanol–water partition coefficient (Wildman–Crippen LogP) is 0.725. The van der Waals surface area contributed by atoms with Crippen LogP contribution in [0.25, 0.3) is 0 Å². The van der Waals surface area contributed by atoms with Crippen LogP contribution < -0.4 is 0 Å². The maximum Gasteiger partial charge on any atom is 0.332 e. The van der Waals surface area contributed by atoms with Crippen molar-refractivity contribution in [3.05, 3.63) is 24.2 Å². The van der Waals surface area contributed by atoms with Crippen LogP contribution in [-0.2, 0) is 14.1 Å². The Balaban J connectivity index is 4.04. The van der Waals surface area contributed by atoms with E-state index in [1.807, 2.05) is 0 Å². The van der Waals surface area contributed by atoms with E-state index < -0.39 is 26.2 Å². The maximum absolute atomic E-state index is 10.4. The molecule has 2 N–H and O–H groups in total. The standard InChI is InChI=1S/C6H7O5P/c1-2-4(7)11-5(8)3-6(9)12-10/h2-3,5,8-9H,1H2. The lowest BCUT2D eigenvalue weighted by molar-refractivity contribution is -0.154. The third-order valence-electron chi connectivity index (χ3n) is 0.789. The topological polar surface area (TPSA) is 83.8 Å². The molecule has 6 heteroatoms. The number of aliphatic hydroxyl groups is 2. The molecule has 0 heterocycles. The van der Waals surface area contributed by atoms with Gasteiger partial charge in [-0.2, -0.15) is 0 Å². The van der Waals surface area contributed by atoms with E-state index in [0.717, 1.165) is 12.2 Å². The molecule has 0 saturated carbocycles. The smallest absolute Gasteiger partial charge is 0.332 e. The number of rotatable bonds is 4. The molecule has 5 nitrogen and oxygen atoms in total. The first-order valence-electron chi connectivity index (χ1n) is 2.85. The lowest BCUT2D eigenvalue weighted by Crippen LogP contribution is -2.13. The van der Waals surface area contributed by atoms with Gasteiger partial charge in [0.15, 0.2) is 5.50 Å². The van der Waals surface area contributed by atoms with E-state index in [2.05, 4.69) is 11.3 Å². The summed E-state index contributed by atoms with van der Waals surface area (Å²) in [5, 5.41) is 17.4. The molecule has 0 aliphatic heterocycles. The fourth-order valence-corrected chi connectivity index (χ4v) is 0.547. The second-order valence-electron chi connectivity index (χ2n) is 1.65. The third kappa shape index (κ3) is 4.60. The summed E-state index contributed by atoms with van der Waals surface area (Å²) < 4.78 is 14.1. The molecule has 0 aliphatic carbocycles. The number of aliphatic hydroxyl groups excluding tert-OH is 2. The van der Waals surface area contributed by atoms with E-state index in [4.69, 9.17) is 10.2 Å². The minimum atomic E-state index is -1.61. The van der Waals surface area contributed by atoms with Crippen molar-refractivity contribution in [2.24, 2.45) is 0 Å². The molecule has 1 unspecified atom stereocenters. The van der Waals surface area contributed by atoms with Crippen LogP contribution in [0.1, 0.15) is 0 Å². The minimum Gasteiger partial charge on any atom is -0.501 e. The Morgan fingerprint density at radius 3 is 2.67 bits per heavy atom. The van der Waals surface area contributed by atoms with Gasteiger partial charge in [-0.25, -0.2) is 4.79 Å². The van der Waals surface area contributed by atoms with Crippen LogP contribution >= 0.6 is 8.46 Å². The third-order valence-corrected chi connectivity index (χ3v) is 1.12. The van der Waals surface area contributed by atoms with Gasteiger partial charge in [0, 0.05) is 12.2 Å². The predicted molar refractivity (Wildman–Crippen MR) is 40.6 cm³/mol. The largest absolute Gasteiger partial charge is 0.501 e. The van der Waals surface area contributed by atoms with Crippen molar-refractivity contribution in [3.63, 3.8) is 0 Å². The lowest BCUT2D eigenvalue weighted by Gasteiger charge is -2.04. The van der Waals surface area contributed by atoms with Gasteiger partial charge in [0.2, 0.25) is 14.8 Å². The van der Waals surface area contributed by atoms with Crippen LogP contribution in [0.5, 0.6) is 0 Å². The highest BCUT2D eigenvalue weighted by atomic mass is 31.1. The maximum atomic E-state index is 10.4.